The lowest BCUT2D eigenvalue weighted by atomic mass is 10.2. The average molecular weight is 307 g/mol. The minimum Gasteiger partial charge on any atom is -0.489 e. The number of hydrogen-bond donors (Lipinski definition) is 0. The molecule has 0 fully saturated rings. The first kappa shape index (κ1) is 13.7. The molecule has 0 saturated heterocycles. The van der Waals surface area contributed by atoms with E-state index in [1.54, 1.807) is 6.20 Å². The lowest BCUT2D eigenvalue weighted by Gasteiger charge is -2.06. The van der Waals surface area contributed by atoms with E-state index in [0.717, 1.165) is 27.8 Å². The highest BCUT2D eigenvalue weighted by Crippen LogP contribution is 2.23. The van der Waals surface area contributed by atoms with Crippen molar-refractivity contribution in [1.82, 2.24) is 14.5 Å². The molecule has 0 atom stereocenters. The molecule has 3 heterocycles. The molecular weight excluding hydrogens is 293 g/mol. The normalized spacial score (nSPS) is 11.2. The molecule has 0 aliphatic rings. The Morgan fingerprint density at radius 2 is 1.96 bits per heavy atom. The molecule has 23 heavy (non-hydrogen) atoms. The number of alkyl halides is 1. The van der Waals surface area contributed by atoms with Crippen LogP contribution in [0.3, 0.4) is 0 Å². The summed E-state index contributed by atoms with van der Waals surface area (Å²) >= 11 is 0. The Bertz CT molecular complexity index is 980. The van der Waals surface area contributed by atoms with Crippen LogP contribution in [0.1, 0.15) is 0 Å². The molecule has 0 bridgehead atoms. The zero-order valence-electron chi connectivity index (χ0n) is 12.3. The quantitative estimate of drug-likeness (QED) is 0.573. The Morgan fingerprint density at radius 3 is 2.87 bits per heavy atom. The molecule has 0 saturated carbocycles. The molecule has 0 amide bonds. The number of hydrogen-bond acceptors (Lipinski definition) is 3. The maximum Gasteiger partial charge on any atom is 0.145 e. The Labute approximate surface area is 132 Å². The molecule has 3 aromatic heterocycles. The van der Waals surface area contributed by atoms with Crippen LogP contribution >= 0.6 is 0 Å². The fraction of sp³-hybridized carbons (Fsp3) is 0.111. The molecule has 1 aromatic carbocycles. The number of halogens is 1. The van der Waals surface area contributed by atoms with Gasteiger partial charge in [-0.15, -0.1) is 0 Å². The Hall–Kier alpha value is -2.95. The standard InChI is InChI=1S/C18H14FN3O/c19-8-10-23-15-11-14-7-9-22(18(14)20-12-15)17-6-5-13-3-1-2-4-16(13)21-17/h1-7,9,11-12H,8,10H2. The number of para-hydroxylation sites is 1. The van der Waals surface area contributed by atoms with E-state index in [1.165, 1.54) is 0 Å². The number of aromatic nitrogens is 3. The summed E-state index contributed by atoms with van der Waals surface area (Å²) in [5.41, 5.74) is 1.73. The molecule has 0 radical (unpaired) electrons. The fourth-order valence-electron chi connectivity index (χ4n) is 2.61. The smallest absolute Gasteiger partial charge is 0.145 e. The van der Waals surface area contributed by atoms with Gasteiger partial charge in [0.25, 0.3) is 0 Å². The van der Waals surface area contributed by atoms with E-state index in [0.29, 0.717) is 5.75 Å². The van der Waals surface area contributed by atoms with Gasteiger partial charge in [0.2, 0.25) is 0 Å². The van der Waals surface area contributed by atoms with E-state index in [4.69, 9.17) is 4.74 Å². The molecule has 0 aliphatic heterocycles. The topological polar surface area (TPSA) is 39.9 Å². The number of ether oxygens (including phenoxy) is 1. The van der Waals surface area contributed by atoms with Crippen molar-refractivity contribution in [3.8, 4) is 11.6 Å². The highest BCUT2D eigenvalue weighted by Gasteiger charge is 2.08. The molecule has 4 rings (SSSR count). The summed E-state index contributed by atoms with van der Waals surface area (Å²) in [4.78, 5) is 9.11. The summed E-state index contributed by atoms with van der Waals surface area (Å²) in [6.45, 7) is -0.472. The van der Waals surface area contributed by atoms with Crippen LogP contribution in [0.25, 0.3) is 27.8 Å². The van der Waals surface area contributed by atoms with E-state index < -0.39 is 6.67 Å². The van der Waals surface area contributed by atoms with Crippen molar-refractivity contribution in [2.24, 2.45) is 0 Å². The van der Waals surface area contributed by atoms with Gasteiger partial charge in [0.1, 0.15) is 30.5 Å². The van der Waals surface area contributed by atoms with Crippen LogP contribution < -0.4 is 4.74 Å². The summed E-state index contributed by atoms with van der Waals surface area (Å²) in [6, 6.07) is 15.8. The lowest BCUT2D eigenvalue weighted by molar-refractivity contribution is 0.273. The van der Waals surface area contributed by atoms with Gasteiger partial charge in [-0.3, -0.25) is 4.57 Å². The molecule has 0 spiro atoms. The molecule has 0 aliphatic carbocycles. The minimum atomic E-state index is -0.514. The van der Waals surface area contributed by atoms with Gasteiger partial charge in [-0.25, -0.2) is 14.4 Å². The van der Waals surface area contributed by atoms with Gasteiger partial charge in [-0.1, -0.05) is 18.2 Å². The van der Waals surface area contributed by atoms with Gasteiger partial charge >= 0.3 is 0 Å². The van der Waals surface area contributed by atoms with E-state index in [2.05, 4.69) is 9.97 Å². The second kappa shape index (κ2) is 5.68. The zero-order valence-corrected chi connectivity index (χ0v) is 12.3. The molecule has 0 N–H and O–H groups in total. The van der Waals surface area contributed by atoms with Crippen molar-refractivity contribution >= 4 is 21.9 Å². The summed E-state index contributed by atoms with van der Waals surface area (Å²) in [5.74, 6) is 1.38. The monoisotopic (exact) mass is 307 g/mol. The Kier molecular flexibility index (Phi) is 3.38. The lowest BCUT2D eigenvalue weighted by Crippen LogP contribution is -2.00. The van der Waals surface area contributed by atoms with Crippen LogP contribution in [0.2, 0.25) is 0 Å². The predicted molar refractivity (Wildman–Crippen MR) is 87.8 cm³/mol. The number of benzene rings is 1. The van der Waals surface area contributed by atoms with E-state index >= 15 is 0 Å². The van der Waals surface area contributed by atoms with Crippen LogP contribution in [-0.2, 0) is 0 Å². The van der Waals surface area contributed by atoms with Crippen LogP contribution in [-0.4, -0.2) is 27.8 Å². The molecule has 0 unspecified atom stereocenters. The first-order valence-electron chi connectivity index (χ1n) is 7.37. The first-order valence-corrected chi connectivity index (χ1v) is 7.37. The van der Waals surface area contributed by atoms with Crippen molar-refractivity contribution in [2.75, 3.05) is 13.3 Å². The van der Waals surface area contributed by atoms with Gasteiger partial charge in [-0.2, -0.15) is 0 Å². The van der Waals surface area contributed by atoms with E-state index in [9.17, 15) is 4.39 Å². The molecule has 4 aromatic rings. The highest BCUT2D eigenvalue weighted by atomic mass is 19.1. The third-order valence-corrected chi connectivity index (χ3v) is 3.68. The summed E-state index contributed by atoms with van der Waals surface area (Å²) in [6.07, 6.45) is 3.53. The second-order valence-electron chi connectivity index (χ2n) is 5.17. The second-order valence-corrected chi connectivity index (χ2v) is 5.17. The van der Waals surface area contributed by atoms with Crippen LogP contribution in [0, 0.1) is 0 Å². The third-order valence-electron chi connectivity index (χ3n) is 3.68. The van der Waals surface area contributed by atoms with E-state index in [1.807, 2.05) is 59.3 Å². The van der Waals surface area contributed by atoms with Crippen molar-refractivity contribution in [2.45, 2.75) is 0 Å². The first-order chi connectivity index (χ1) is 11.3. The predicted octanol–water partition coefficient (Wildman–Crippen LogP) is 3.92. The number of fused-ring (bicyclic) bond motifs is 2. The van der Waals surface area contributed by atoms with E-state index in [-0.39, 0.29) is 6.61 Å². The van der Waals surface area contributed by atoms with Gasteiger partial charge in [0.15, 0.2) is 0 Å². The maximum atomic E-state index is 12.2. The maximum absolute atomic E-state index is 12.2. The summed E-state index contributed by atoms with van der Waals surface area (Å²) < 4.78 is 19.4. The SMILES string of the molecule is FCCOc1cnc2c(ccn2-c2ccc3ccccc3n2)c1. The summed E-state index contributed by atoms with van der Waals surface area (Å²) in [7, 11) is 0. The molecule has 4 nitrogen and oxygen atoms in total. The third kappa shape index (κ3) is 2.50. The van der Waals surface area contributed by atoms with Crippen molar-refractivity contribution in [3.63, 3.8) is 0 Å². The number of rotatable bonds is 4. The van der Waals surface area contributed by atoms with Gasteiger partial charge in [0, 0.05) is 17.0 Å². The molecule has 5 heteroatoms. The van der Waals surface area contributed by atoms with Crippen molar-refractivity contribution in [1.29, 1.82) is 0 Å². The minimum absolute atomic E-state index is 0.0418. The number of pyridine rings is 2. The van der Waals surface area contributed by atoms with Crippen LogP contribution in [0.15, 0.2) is 60.9 Å². The van der Waals surface area contributed by atoms with Crippen LogP contribution in [0.5, 0.6) is 5.75 Å². The van der Waals surface area contributed by atoms with Gasteiger partial charge < -0.3 is 4.74 Å². The average Bonchev–Trinajstić information content (AvgIpc) is 3.02. The fourth-order valence-corrected chi connectivity index (χ4v) is 2.61. The summed E-state index contributed by atoms with van der Waals surface area (Å²) in [5, 5.41) is 2.03. The molecule has 114 valence electrons. The Morgan fingerprint density at radius 1 is 1.04 bits per heavy atom. The number of nitrogens with zero attached hydrogens (tertiary/aromatic N) is 3. The van der Waals surface area contributed by atoms with Gasteiger partial charge in [-0.05, 0) is 30.3 Å². The molecular formula is C18H14FN3O. The zero-order chi connectivity index (χ0) is 15.6. The van der Waals surface area contributed by atoms with Gasteiger partial charge in [0.05, 0.1) is 11.7 Å². The van der Waals surface area contributed by atoms with Crippen molar-refractivity contribution in [3.05, 3.63) is 60.9 Å². The Balaban J connectivity index is 1.78. The van der Waals surface area contributed by atoms with Crippen molar-refractivity contribution < 1.29 is 9.13 Å². The highest BCUT2D eigenvalue weighted by molar-refractivity contribution is 5.82. The largest absolute Gasteiger partial charge is 0.489 e. The van der Waals surface area contributed by atoms with Crippen LogP contribution in [0.4, 0.5) is 4.39 Å².